The molecular weight excluding hydrogens is 364 g/mol. The number of aromatic nitrogens is 1. The van der Waals surface area contributed by atoms with Crippen molar-refractivity contribution in [3.8, 4) is 0 Å². The molecule has 29 heavy (non-hydrogen) atoms. The quantitative estimate of drug-likeness (QED) is 0.810. The Morgan fingerprint density at radius 2 is 1.62 bits per heavy atom. The summed E-state index contributed by atoms with van der Waals surface area (Å²) in [6, 6.07) is 10.9. The lowest BCUT2D eigenvalue weighted by atomic mass is 9.95. The van der Waals surface area contributed by atoms with Crippen LogP contribution in [0, 0.1) is 0 Å². The predicted octanol–water partition coefficient (Wildman–Crippen LogP) is 3.65. The van der Waals surface area contributed by atoms with Crippen molar-refractivity contribution in [1.82, 2.24) is 20.1 Å². The van der Waals surface area contributed by atoms with Gasteiger partial charge < -0.3 is 20.1 Å². The number of urea groups is 1. The van der Waals surface area contributed by atoms with E-state index in [1.54, 1.807) is 0 Å². The fourth-order valence-corrected chi connectivity index (χ4v) is 4.60. The summed E-state index contributed by atoms with van der Waals surface area (Å²) in [5.41, 5.74) is 1.16. The molecule has 0 radical (unpaired) electrons. The molecule has 2 fully saturated rings. The Hall–Kier alpha value is -2.50. The molecule has 0 unspecified atom stereocenters. The van der Waals surface area contributed by atoms with Crippen molar-refractivity contribution in [1.29, 1.82) is 0 Å². The number of carbonyl (C=O) groups is 2. The second-order valence-electron chi connectivity index (χ2n) is 8.43. The molecule has 2 aliphatic rings. The van der Waals surface area contributed by atoms with Crippen molar-refractivity contribution in [2.75, 3.05) is 13.1 Å². The third kappa shape index (κ3) is 5.11. The van der Waals surface area contributed by atoms with E-state index in [0.29, 0.717) is 32.1 Å². The Labute approximate surface area is 172 Å². The summed E-state index contributed by atoms with van der Waals surface area (Å²) in [6.07, 6.45) is 10.1. The van der Waals surface area contributed by atoms with Gasteiger partial charge in [0.05, 0.1) is 0 Å². The van der Waals surface area contributed by atoms with Crippen LogP contribution in [0.1, 0.15) is 51.4 Å². The smallest absolute Gasteiger partial charge is 0.317 e. The lowest BCUT2D eigenvalue weighted by Crippen LogP contribution is -2.51. The minimum atomic E-state index is 0.0705. The van der Waals surface area contributed by atoms with E-state index in [1.165, 1.54) is 24.6 Å². The van der Waals surface area contributed by atoms with Gasteiger partial charge in [-0.3, -0.25) is 4.79 Å². The lowest BCUT2D eigenvalue weighted by molar-refractivity contribution is -0.122. The van der Waals surface area contributed by atoms with Gasteiger partial charge in [-0.05, 0) is 43.2 Å². The van der Waals surface area contributed by atoms with Gasteiger partial charge in [-0.2, -0.15) is 0 Å². The molecule has 2 heterocycles. The molecule has 3 amide bonds. The van der Waals surface area contributed by atoms with Gasteiger partial charge in [0.25, 0.3) is 0 Å². The van der Waals surface area contributed by atoms with Crippen molar-refractivity contribution in [2.24, 2.45) is 0 Å². The van der Waals surface area contributed by atoms with Crippen molar-refractivity contribution in [2.45, 2.75) is 70.0 Å². The van der Waals surface area contributed by atoms with E-state index in [1.807, 2.05) is 23.2 Å². The zero-order valence-corrected chi connectivity index (χ0v) is 17.1. The number of para-hydroxylation sites is 1. The first-order valence-corrected chi connectivity index (χ1v) is 11.1. The lowest BCUT2D eigenvalue weighted by Gasteiger charge is -2.34. The van der Waals surface area contributed by atoms with Crippen LogP contribution in [0.15, 0.2) is 36.5 Å². The van der Waals surface area contributed by atoms with E-state index in [4.69, 9.17) is 0 Å². The van der Waals surface area contributed by atoms with Crippen molar-refractivity contribution in [3.05, 3.63) is 36.5 Å². The van der Waals surface area contributed by atoms with Crippen LogP contribution in [0.25, 0.3) is 10.9 Å². The number of carbonyl (C=O) groups excluding carboxylic acids is 2. The van der Waals surface area contributed by atoms with Gasteiger partial charge >= 0.3 is 6.03 Å². The number of fused-ring (bicyclic) bond motifs is 1. The number of aryl methyl sites for hydroxylation is 1. The highest BCUT2D eigenvalue weighted by molar-refractivity contribution is 5.80. The van der Waals surface area contributed by atoms with Crippen molar-refractivity contribution < 1.29 is 9.59 Å². The normalized spacial score (nSPS) is 18.7. The van der Waals surface area contributed by atoms with Crippen LogP contribution in [0.3, 0.4) is 0 Å². The molecule has 2 N–H and O–H groups in total. The number of rotatable bonds is 5. The minimum absolute atomic E-state index is 0.0705. The second kappa shape index (κ2) is 9.33. The first-order valence-electron chi connectivity index (χ1n) is 11.1. The van der Waals surface area contributed by atoms with Crippen LogP contribution < -0.4 is 10.6 Å². The summed E-state index contributed by atoms with van der Waals surface area (Å²) < 4.78 is 2.13. The molecule has 1 aromatic carbocycles. The van der Waals surface area contributed by atoms with Crippen LogP contribution in [0.4, 0.5) is 4.79 Å². The number of hydrogen-bond donors (Lipinski definition) is 2. The number of piperidine rings is 1. The molecule has 6 nitrogen and oxygen atoms in total. The first kappa shape index (κ1) is 19.8. The van der Waals surface area contributed by atoms with E-state index in [2.05, 4.69) is 33.4 Å². The fourth-order valence-electron chi connectivity index (χ4n) is 4.60. The number of nitrogens with one attached hydrogen (secondary N) is 2. The number of benzene rings is 1. The average Bonchev–Trinajstić information content (AvgIpc) is 3.17. The number of hydrogen-bond acceptors (Lipinski definition) is 2. The molecular formula is C23H32N4O2. The molecule has 4 rings (SSSR count). The Kier molecular flexibility index (Phi) is 6.37. The maximum atomic E-state index is 12.5. The highest BCUT2D eigenvalue weighted by Gasteiger charge is 2.25. The van der Waals surface area contributed by atoms with Gasteiger partial charge in [0.15, 0.2) is 0 Å². The molecule has 156 valence electrons. The summed E-state index contributed by atoms with van der Waals surface area (Å²) in [6.45, 7) is 2.11. The monoisotopic (exact) mass is 396 g/mol. The third-order valence-electron chi connectivity index (χ3n) is 6.34. The van der Waals surface area contributed by atoms with E-state index >= 15 is 0 Å². The highest BCUT2D eigenvalue weighted by atomic mass is 16.2. The molecule has 1 saturated heterocycles. The first-order chi connectivity index (χ1) is 14.2. The summed E-state index contributed by atoms with van der Waals surface area (Å²) in [7, 11) is 0. The van der Waals surface area contributed by atoms with Gasteiger partial charge in [-0.15, -0.1) is 0 Å². The van der Waals surface area contributed by atoms with Crippen LogP contribution in [-0.4, -0.2) is 46.6 Å². The average molecular weight is 397 g/mol. The minimum Gasteiger partial charge on any atom is -0.353 e. The van der Waals surface area contributed by atoms with Crippen molar-refractivity contribution >= 4 is 22.8 Å². The van der Waals surface area contributed by atoms with Crippen molar-refractivity contribution in [3.63, 3.8) is 0 Å². The van der Waals surface area contributed by atoms with Crippen LogP contribution in [-0.2, 0) is 11.3 Å². The molecule has 0 bridgehead atoms. The van der Waals surface area contributed by atoms with E-state index in [0.717, 1.165) is 31.2 Å². The van der Waals surface area contributed by atoms with Gasteiger partial charge in [0.2, 0.25) is 5.91 Å². The zero-order valence-electron chi connectivity index (χ0n) is 17.1. The molecule has 6 heteroatoms. The largest absolute Gasteiger partial charge is 0.353 e. The summed E-state index contributed by atoms with van der Waals surface area (Å²) in [4.78, 5) is 26.8. The second-order valence-corrected chi connectivity index (χ2v) is 8.43. The number of nitrogens with zero attached hydrogens (tertiary/aromatic N) is 2. The molecule has 1 saturated carbocycles. The molecule has 0 spiro atoms. The zero-order chi connectivity index (χ0) is 20.1. The van der Waals surface area contributed by atoms with Crippen LogP contribution in [0.2, 0.25) is 0 Å². The molecule has 0 atom stereocenters. The molecule has 1 aliphatic carbocycles. The summed E-state index contributed by atoms with van der Waals surface area (Å²) >= 11 is 0. The number of amides is 3. The maximum absolute atomic E-state index is 12.5. The number of likely N-dealkylation sites (tertiary alicyclic amines) is 1. The van der Waals surface area contributed by atoms with Gasteiger partial charge in [-0.1, -0.05) is 37.5 Å². The Bertz CT molecular complexity index is 832. The topological polar surface area (TPSA) is 66.4 Å². The Balaban J connectivity index is 1.18. The van der Waals surface area contributed by atoms with E-state index in [-0.39, 0.29) is 18.0 Å². The fraction of sp³-hybridized carbons (Fsp3) is 0.565. The standard InChI is InChI=1S/C23H32N4O2/c28-22(13-17-26-14-10-18-6-4-5-9-21(18)26)24-20-11-15-27(16-12-20)23(29)25-19-7-2-1-3-8-19/h4-6,9-10,14,19-20H,1-3,7-8,11-13,15-17H2,(H,24,28)(H,25,29). The van der Waals surface area contributed by atoms with E-state index in [9.17, 15) is 9.59 Å². The third-order valence-corrected chi connectivity index (χ3v) is 6.34. The van der Waals surface area contributed by atoms with Crippen LogP contribution in [0.5, 0.6) is 0 Å². The van der Waals surface area contributed by atoms with Crippen LogP contribution >= 0.6 is 0 Å². The summed E-state index contributed by atoms with van der Waals surface area (Å²) in [5, 5.41) is 7.55. The highest BCUT2D eigenvalue weighted by Crippen LogP contribution is 2.19. The maximum Gasteiger partial charge on any atom is 0.317 e. The molecule has 1 aliphatic heterocycles. The molecule has 1 aromatic heterocycles. The van der Waals surface area contributed by atoms with E-state index < -0.39 is 0 Å². The van der Waals surface area contributed by atoms with Gasteiger partial charge in [0.1, 0.15) is 0 Å². The Morgan fingerprint density at radius 3 is 2.41 bits per heavy atom. The predicted molar refractivity (Wildman–Crippen MR) is 115 cm³/mol. The molecule has 2 aromatic rings. The Morgan fingerprint density at radius 1 is 0.897 bits per heavy atom. The summed E-state index contributed by atoms with van der Waals surface area (Å²) in [5.74, 6) is 0.0906. The SMILES string of the molecule is O=C(CCn1ccc2ccccc21)NC1CCN(C(=O)NC2CCCCC2)CC1. The van der Waals surface area contributed by atoms with Gasteiger partial charge in [0, 0.05) is 49.9 Å². The van der Waals surface area contributed by atoms with Gasteiger partial charge in [-0.25, -0.2) is 4.79 Å².